The molecule has 2 aliphatic carbocycles. The highest BCUT2D eigenvalue weighted by Gasteiger charge is 2.48. The van der Waals surface area contributed by atoms with Gasteiger partial charge in [-0.25, -0.2) is 0 Å². The van der Waals surface area contributed by atoms with Crippen LogP contribution in [0.3, 0.4) is 0 Å². The highest BCUT2D eigenvalue weighted by molar-refractivity contribution is 5.95. The van der Waals surface area contributed by atoms with E-state index in [9.17, 15) is 38.4 Å². The molecule has 2 heterocycles. The molecule has 424 valence electrons. The van der Waals surface area contributed by atoms with Gasteiger partial charge in [0.05, 0.1) is 18.1 Å². The lowest BCUT2D eigenvalue weighted by Gasteiger charge is -2.36. The minimum atomic E-state index is -0.914. The fraction of sp³-hybridized carbons (Fsp3) is 0.672. The molecule has 6 rings (SSSR count). The van der Waals surface area contributed by atoms with Gasteiger partial charge in [-0.3, -0.25) is 38.4 Å². The van der Waals surface area contributed by atoms with Crippen LogP contribution in [0.5, 0.6) is 0 Å². The van der Waals surface area contributed by atoms with Crippen molar-refractivity contribution in [2.75, 3.05) is 20.1 Å². The number of benzene rings is 2. The first-order valence-corrected chi connectivity index (χ1v) is 29.0. The Morgan fingerprint density at radius 3 is 1.61 bits per heavy atom. The predicted octanol–water partition coefficient (Wildman–Crippen LogP) is 7.08. The number of Topliss-reactive ketones (excluding diaryl/α,β-unsaturated/α-hetero) is 1. The van der Waals surface area contributed by atoms with E-state index in [0.29, 0.717) is 32.1 Å². The quantitative estimate of drug-likeness (QED) is 0.0627. The number of hydrogen-bond acceptors (Lipinski definition) is 9. The molecule has 2 saturated heterocycles. The summed E-state index contributed by atoms with van der Waals surface area (Å²) in [7, 11) is 1.68. The molecule has 16 heteroatoms. The molecule has 0 bridgehead atoms. The van der Waals surface area contributed by atoms with E-state index in [4.69, 9.17) is 0 Å². The first-order chi connectivity index (χ1) is 36.5. The summed E-state index contributed by atoms with van der Waals surface area (Å²) in [6.45, 7) is 17.3. The molecule has 4 aliphatic rings. The van der Waals surface area contributed by atoms with Gasteiger partial charge in [0.1, 0.15) is 30.0 Å². The average molecular weight is 1070 g/mol. The van der Waals surface area contributed by atoms with Crippen molar-refractivity contribution in [2.45, 2.75) is 220 Å². The number of aryl methyl sites for hydroxylation is 2. The van der Waals surface area contributed by atoms with Crippen LogP contribution in [0.4, 0.5) is 0 Å². The maximum atomic E-state index is 14.6. The second-order valence-corrected chi connectivity index (χ2v) is 24.9. The number of nitrogens with zero attached hydrogens (tertiary/aromatic N) is 2. The molecule has 16 nitrogen and oxygen atoms in total. The topological polar surface area (TPSA) is 215 Å². The number of carbonyl (C=O) groups excluding carboxylic acids is 8. The third kappa shape index (κ3) is 16.2. The number of unbranched alkanes of at least 4 members (excludes halogenated alkanes) is 4. The summed E-state index contributed by atoms with van der Waals surface area (Å²) in [6, 6.07) is 11.5. The number of rotatable bonds is 23. The van der Waals surface area contributed by atoms with Crippen LogP contribution in [0.1, 0.15) is 193 Å². The first-order valence-electron chi connectivity index (χ1n) is 29.0. The van der Waals surface area contributed by atoms with Gasteiger partial charge in [-0.1, -0.05) is 123 Å². The molecule has 10 atom stereocenters. The van der Waals surface area contributed by atoms with Crippen molar-refractivity contribution >= 4 is 47.1 Å². The Morgan fingerprint density at radius 2 is 1.09 bits per heavy atom. The molecule has 0 radical (unpaired) electrons. The van der Waals surface area contributed by atoms with Crippen molar-refractivity contribution in [3.8, 4) is 0 Å². The van der Waals surface area contributed by atoms with E-state index < -0.39 is 47.1 Å². The molecule has 2 aromatic rings. The van der Waals surface area contributed by atoms with E-state index >= 15 is 0 Å². The second-order valence-electron chi connectivity index (χ2n) is 24.9. The molecule has 0 spiro atoms. The van der Waals surface area contributed by atoms with Crippen molar-refractivity contribution in [3.63, 3.8) is 0 Å². The highest BCUT2D eigenvalue weighted by atomic mass is 16.2. The number of amides is 7. The number of ketones is 1. The molecular formula is C61H92N8O8. The Balaban J connectivity index is 1.00. The number of fused-ring (bicyclic) bond motifs is 2. The summed E-state index contributed by atoms with van der Waals surface area (Å²) in [6.07, 6.45) is 11.2. The fourth-order valence-electron chi connectivity index (χ4n) is 11.7. The van der Waals surface area contributed by atoms with E-state index in [1.807, 2.05) is 85.7 Å². The average Bonchev–Trinajstić information content (AvgIpc) is 4.05. The van der Waals surface area contributed by atoms with Crippen LogP contribution in [0.2, 0.25) is 0 Å². The van der Waals surface area contributed by atoms with Gasteiger partial charge in [0.2, 0.25) is 41.4 Å². The lowest BCUT2D eigenvalue weighted by molar-refractivity contribution is -0.144. The van der Waals surface area contributed by atoms with Gasteiger partial charge < -0.3 is 41.7 Å². The molecule has 77 heavy (non-hydrogen) atoms. The first kappa shape index (κ1) is 60.6. The Labute approximate surface area is 458 Å². The molecule has 7 amide bonds. The zero-order valence-corrected chi connectivity index (χ0v) is 48.0. The van der Waals surface area contributed by atoms with Gasteiger partial charge in [-0.2, -0.15) is 0 Å². The Hall–Kier alpha value is -5.64. The molecular weight excluding hydrogens is 973 g/mol. The number of nitrogens with one attached hydrogen (secondary N) is 6. The maximum Gasteiger partial charge on any atom is 0.246 e. The Kier molecular flexibility index (Phi) is 21.5. The fourth-order valence-corrected chi connectivity index (χ4v) is 11.7. The zero-order valence-electron chi connectivity index (χ0n) is 48.0. The van der Waals surface area contributed by atoms with Crippen molar-refractivity contribution in [1.29, 1.82) is 0 Å². The Morgan fingerprint density at radius 1 is 0.610 bits per heavy atom. The smallest absolute Gasteiger partial charge is 0.246 e. The second kappa shape index (κ2) is 27.3. The van der Waals surface area contributed by atoms with E-state index in [2.05, 4.69) is 50.1 Å². The van der Waals surface area contributed by atoms with Gasteiger partial charge >= 0.3 is 0 Å². The van der Waals surface area contributed by atoms with Crippen LogP contribution in [-0.4, -0.2) is 113 Å². The molecule has 2 aliphatic heterocycles. The van der Waals surface area contributed by atoms with E-state index in [1.54, 1.807) is 23.8 Å². The van der Waals surface area contributed by atoms with Crippen LogP contribution >= 0.6 is 0 Å². The minimum Gasteiger partial charge on any atom is -0.351 e. The third-order valence-electron chi connectivity index (χ3n) is 16.7. The molecule has 2 aromatic carbocycles. The summed E-state index contributed by atoms with van der Waals surface area (Å²) < 4.78 is 0. The van der Waals surface area contributed by atoms with Gasteiger partial charge in [0, 0.05) is 44.3 Å². The Bertz CT molecular complexity index is 2250. The number of carbonyl (C=O) groups is 8. The van der Waals surface area contributed by atoms with Crippen LogP contribution in [-0.2, 0) is 51.2 Å². The van der Waals surface area contributed by atoms with Gasteiger partial charge in [-0.15, -0.1) is 0 Å². The lowest BCUT2D eigenvalue weighted by Crippen LogP contribution is -2.59. The highest BCUT2D eigenvalue weighted by Crippen LogP contribution is 2.35. The summed E-state index contributed by atoms with van der Waals surface area (Å²) >= 11 is 0. The molecule has 6 N–H and O–H groups in total. The predicted molar refractivity (Wildman–Crippen MR) is 299 cm³/mol. The molecule has 0 aromatic heterocycles. The lowest BCUT2D eigenvalue weighted by atomic mass is 9.85. The SMILES string of the molecule is CC[C@@H](C)C(=O)N[C@H](C(=O)N1C[C@@H](CC(=O)CCCCCCCC(=O)N[C@H]2C[C@@H](C(=O)N[C@@H]3CCCc4ccccc43)N(C(=O)[C@@H](NC(=O)[C@H](C)NC)C(C)(C)C)C2)C[C@H]1C(=O)N[C@@H]1CCCc2ccccc21)C(C)(C)C. The monoisotopic (exact) mass is 1060 g/mol. The number of likely N-dealkylation sites (tertiary alicyclic amines) is 2. The van der Waals surface area contributed by atoms with Crippen molar-refractivity contribution in [1.82, 2.24) is 41.7 Å². The van der Waals surface area contributed by atoms with Crippen LogP contribution < -0.4 is 31.9 Å². The van der Waals surface area contributed by atoms with Crippen molar-refractivity contribution in [3.05, 3.63) is 70.8 Å². The summed E-state index contributed by atoms with van der Waals surface area (Å²) in [5.74, 6) is -2.26. The minimum absolute atomic E-state index is 0.0878. The van der Waals surface area contributed by atoms with Crippen LogP contribution in [0.25, 0.3) is 0 Å². The standard InChI is InChI=1S/C61H92N8O8/c1-11-38(2)54(72)66-52(60(4,5)6)58(76)68-36-40(34-49(68)56(74)64-47-30-21-25-41-23-17-19-28-45(41)47)33-44(70)27-15-13-12-14-16-32-51(71)63-43-35-50(57(75)65-48-31-22-26-42-24-18-20-29-46(42)48)69(37-43)59(77)53(61(7,8)9)67-55(73)39(3)62-10/h17-20,23-24,28-29,38-40,43,47-50,52-53,62H,11-16,21-22,25-27,30-37H2,1-10H3,(H,63,71)(H,64,74)(H,65,75)(H,66,72)(H,67,73)/t38-,39+,40+,43+,47-,48-,49+,50+,52-,53-/m1/s1. The normalized spacial score (nSPS) is 22.8. The largest absolute Gasteiger partial charge is 0.351 e. The van der Waals surface area contributed by atoms with Gasteiger partial charge in [0.25, 0.3) is 0 Å². The van der Waals surface area contributed by atoms with Crippen LogP contribution in [0.15, 0.2) is 48.5 Å². The number of likely N-dealkylation sites (N-methyl/N-ethyl adjacent to an activating group) is 1. The summed E-state index contributed by atoms with van der Waals surface area (Å²) in [5.41, 5.74) is 3.30. The van der Waals surface area contributed by atoms with E-state index in [1.165, 1.54) is 11.1 Å². The zero-order chi connectivity index (χ0) is 56.2. The maximum absolute atomic E-state index is 14.6. The molecule has 0 saturated carbocycles. The third-order valence-corrected chi connectivity index (χ3v) is 16.7. The van der Waals surface area contributed by atoms with Gasteiger partial charge in [-0.05, 0) is 124 Å². The summed E-state index contributed by atoms with van der Waals surface area (Å²) in [5, 5.41) is 18.5. The van der Waals surface area contributed by atoms with E-state index in [0.717, 1.165) is 68.9 Å². The molecule has 0 unspecified atom stereocenters. The van der Waals surface area contributed by atoms with E-state index in [-0.39, 0.29) is 103 Å². The molecule has 2 fully saturated rings. The van der Waals surface area contributed by atoms with Crippen LogP contribution in [0, 0.1) is 22.7 Å². The summed E-state index contributed by atoms with van der Waals surface area (Å²) in [4.78, 5) is 114. The number of hydrogen-bond donors (Lipinski definition) is 6. The van der Waals surface area contributed by atoms with Gasteiger partial charge in [0.15, 0.2) is 0 Å². The van der Waals surface area contributed by atoms with Crippen molar-refractivity contribution in [2.24, 2.45) is 22.7 Å². The van der Waals surface area contributed by atoms with Crippen molar-refractivity contribution < 1.29 is 38.4 Å².